The number of benzene rings is 1. The van der Waals surface area contributed by atoms with Gasteiger partial charge in [-0.15, -0.1) is 0 Å². The van der Waals surface area contributed by atoms with Gasteiger partial charge in [0.1, 0.15) is 0 Å². The SMILES string of the molecule is C#[N+]Cc1ccc(Br)c(C)c1. The Balaban J connectivity index is 2.98. The zero-order valence-corrected chi connectivity index (χ0v) is 7.93. The normalized spacial score (nSPS) is 9.18. The van der Waals surface area contributed by atoms with E-state index in [1.54, 1.807) is 0 Å². The molecule has 0 atom stereocenters. The number of halogens is 1. The molecule has 0 amide bonds. The smallest absolute Gasteiger partial charge is 0.0817 e. The monoisotopic (exact) mass is 210 g/mol. The third-order valence-corrected chi connectivity index (χ3v) is 2.39. The Kier molecular flexibility index (Phi) is 2.67. The van der Waals surface area contributed by atoms with Crippen molar-refractivity contribution in [2.24, 2.45) is 0 Å². The summed E-state index contributed by atoms with van der Waals surface area (Å²) in [5.74, 6) is 0. The largest absolute Gasteiger partial charge is 0.288 e. The summed E-state index contributed by atoms with van der Waals surface area (Å²) < 4.78 is 1.12. The van der Waals surface area contributed by atoms with Crippen molar-refractivity contribution in [1.29, 1.82) is 0 Å². The van der Waals surface area contributed by atoms with Crippen LogP contribution in [0.25, 0.3) is 4.85 Å². The number of aryl methyl sites for hydroxylation is 1. The highest BCUT2D eigenvalue weighted by atomic mass is 79.9. The molecular weight excluding hydrogens is 202 g/mol. The second-order valence-corrected chi connectivity index (χ2v) is 3.28. The summed E-state index contributed by atoms with van der Waals surface area (Å²) in [7, 11) is 0. The maximum atomic E-state index is 5.06. The van der Waals surface area contributed by atoms with Crippen LogP contribution in [-0.2, 0) is 6.54 Å². The first kappa shape index (κ1) is 8.29. The van der Waals surface area contributed by atoms with Crippen LogP contribution in [0.3, 0.4) is 0 Å². The van der Waals surface area contributed by atoms with Gasteiger partial charge >= 0.3 is 0 Å². The number of hydrogen-bond donors (Lipinski definition) is 0. The first-order valence-electron chi connectivity index (χ1n) is 3.35. The summed E-state index contributed by atoms with van der Waals surface area (Å²) >= 11 is 3.42. The molecule has 0 N–H and O–H groups in total. The van der Waals surface area contributed by atoms with E-state index in [-0.39, 0.29) is 0 Å². The van der Waals surface area contributed by atoms with Crippen molar-refractivity contribution < 1.29 is 0 Å². The van der Waals surface area contributed by atoms with E-state index in [0.29, 0.717) is 6.54 Å². The minimum Gasteiger partial charge on any atom is -0.0817 e. The van der Waals surface area contributed by atoms with Gasteiger partial charge in [-0.2, -0.15) is 0 Å². The fraction of sp³-hybridized carbons (Fsp3) is 0.222. The molecule has 0 aliphatic heterocycles. The first-order valence-corrected chi connectivity index (χ1v) is 4.15. The van der Waals surface area contributed by atoms with Crippen molar-refractivity contribution in [3.63, 3.8) is 0 Å². The van der Waals surface area contributed by atoms with Crippen LogP contribution in [0.5, 0.6) is 0 Å². The number of hydrogen-bond acceptors (Lipinski definition) is 0. The summed E-state index contributed by atoms with van der Waals surface area (Å²) in [6, 6.07) is 6.09. The highest BCUT2D eigenvalue weighted by Crippen LogP contribution is 2.17. The fourth-order valence-electron chi connectivity index (χ4n) is 0.911. The lowest BCUT2D eigenvalue weighted by Gasteiger charge is -1.96. The standard InChI is InChI=1S/C9H9BrN/c1-7-5-8(6-11-2)3-4-9(7)10/h2-5H,6H2,1H3/q+1. The third kappa shape index (κ3) is 2.06. The lowest BCUT2D eigenvalue weighted by atomic mass is 10.1. The molecule has 0 aliphatic rings. The van der Waals surface area contributed by atoms with Crippen molar-refractivity contribution >= 4 is 15.9 Å². The van der Waals surface area contributed by atoms with E-state index in [2.05, 4.69) is 26.8 Å². The van der Waals surface area contributed by atoms with E-state index in [1.807, 2.05) is 19.1 Å². The van der Waals surface area contributed by atoms with E-state index in [0.717, 1.165) is 10.0 Å². The average Bonchev–Trinajstić information content (AvgIpc) is 1.98. The zero-order chi connectivity index (χ0) is 8.27. The molecule has 0 aliphatic carbocycles. The summed E-state index contributed by atoms with van der Waals surface area (Å²) in [4.78, 5) is 3.56. The molecule has 56 valence electrons. The molecule has 0 unspecified atom stereocenters. The van der Waals surface area contributed by atoms with Gasteiger partial charge in [-0.05, 0) is 24.6 Å². The van der Waals surface area contributed by atoms with Gasteiger partial charge in [0.25, 0.3) is 13.1 Å². The van der Waals surface area contributed by atoms with Gasteiger partial charge in [0, 0.05) is 10.0 Å². The summed E-state index contributed by atoms with van der Waals surface area (Å²) in [5, 5.41) is 0. The van der Waals surface area contributed by atoms with Gasteiger partial charge in [-0.3, -0.25) is 0 Å². The van der Waals surface area contributed by atoms with Crippen LogP contribution in [-0.4, -0.2) is 0 Å². The van der Waals surface area contributed by atoms with Crippen molar-refractivity contribution in [2.45, 2.75) is 13.5 Å². The van der Waals surface area contributed by atoms with Crippen molar-refractivity contribution in [3.8, 4) is 6.57 Å². The van der Waals surface area contributed by atoms with Gasteiger partial charge in [0.15, 0.2) is 0 Å². The van der Waals surface area contributed by atoms with Crippen LogP contribution in [0.15, 0.2) is 22.7 Å². The van der Waals surface area contributed by atoms with Crippen molar-refractivity contribution in [1.82, 2.24) is 0 Å². The Hall–Kier alpha value is -0.810. The van der Waals surface area contributed by atoms with Crippen LogP contribution in [0.2, 0.25) is 0 Å². The minimum absolute atomic E-state index is 0.591. The molecule has 1 aromatic rings. The molecule has 0 fully saturated rings. The lowest BCUT2D eigenvalue weighted by Crippen LogP contribution is -1.81. The summed E-state index contributed by atoms with van der Waals surface area (Å²) in [5.41, 5.74) is 2.36. The van der Waals surface area contributed by atoms with Gasteiger partial charge in [-0.25, -0.2) is 0 Å². The Morgan fingerprint density at radius 2 is 2.27 bits per heavy atom. The molecule has 0 spiro atoms. The molecule has 1 nitrogen and oxygen atoms in total. The van der Waals surface area contributed by atoms with E-state index >= 15 is 0 Å². The zero-order valence-electron chi connectivity index (χ0n) is 6.34. The molecule has 0 bridgehead atoms. The van der Waals surface area contributed by atoms with Crippen LogP contribution < -0.4 is 0 Å². The molecule has 0 aromatic heterocycles. The molecule has 11 heavy (non-hydrogen) atoms. The number of nitrogens with zero attached hydrogens (tertiary/aromatic N) is 1. The van der Waals surface area contributed by atoms with Crippen LogP contribution in [0, 0.1) is 13.5 Å². The Bertz CT molecular complexity index is 299. The van der Waals surface area contributed by atoms with Gasteiger partial charge < -0.3 is 0 Å². The van der Waals surface area contributed by atoms with E-state index in [1.165, 1.54) is 5.56 Å². The highest BCUT2D eigenvalue weighted by molar-refractivity contribution is 9.10. The van der Waals surface area contributed by atoms with Gasteiger partial charge in [0.2, 0.25) is 0 Å². The third-order valence-electron chi connectivity index (χ3n) is 1.50. The van der Waals surface area contributed by atoms with Crippen molar-refractivity contribution in [2.75, 3.05) is 0 Å². The molecular formula is C9H9BrN+. The molecule has 1 rings (SSSR count). The molecule has 0 radical (unpaired) electrons. The molecule has 1 aromatic carbocycles. The maximum absolute atomic E-state index is 5.06. The van der Waals surface area contributed by atoms with Crippen LogP contribution >= 0.6 is 15.9 Å². The topological polar surface area (TPSA) is 4.36 Å². The Morgan fingerprint density at radius 3 is 2.82 bits per heavy atom. The minimum atomic E-state index is 0.591. The first-order chi connectivity index (χ1) is 5.24. The second kappa shape index (κ2) is 3.54. The van der Waals surface area contributed by atoms with Crippen LogP contribution in [0.1, 0.15) is 11.1 Å². The van der Waals surface area contributed by atoms with E-state index < -0.39 is 0 Å². The predicted octanol–water partition coefficient (Wildman–Crippen LogP) is 3.22. The van der Waals surface area contributed by atoms with E-state index in [9.17, 15) is 0 Å². The van der Waals surface area contributed by atoms with Crippen LogP contribution in [0.4, 0.5) is 0 Å². The number of rotatable bonds is 1. The average molecular weight is 211 g/mol. The predicted molar refractivity (Wildman–Crippen MR) is 50.9 cm³/mol. The van der Waals surface area contributed by atoms with Crippen molar-refractivity contribution in [3.05, 3.63) is 38.6 Å². The highest BCUT2D eigenvalue weighted by Gasteiger charge is 1.99. The Morgan fingerprint density at radius 1 is 1.55 bits per heavy atom. The summed E-state index contributed by atoms with van der Waals surface area (Å²) in [6.07, 6.45) is 0. The molecule has 0 saturated heterocycles. The quantitative estimate of drug-likeness (QED) is 0.671. The van der Waals surface area contributed by atoms with E-state index in [4.69, 9.17) is 6.57 Å². The second-order valence-electron chi connectivity index (χ2n) is 2.42. The lowest BCUT2D eigenvalue weighted by molar-refractivity contribution is 1.24. The molecule has 0 heterocycles. The van der Waals surface area contributed by atoms with Gasteiger partial charge in [-0.1, -0.05) is 26.8 Å². The Labute approximate surface area is 75.0 Å². The molecule has 0 saturated carbocycles. The maximum Gasteiger partial charge on any atom is 0.288 e. The van der Waals surface area contributed by atoms with Gasteiger partial charge in [0.05, 0.1) is 0 Å². The fourth-order valence-corrected chi connectivity index (χ4v) is 1.16. The summed E-state index contributed by atoms with van der Waals surface area (Å²) in [6.45, 7) is 7.70. The molecule has 2 heteroatoms.